The second-order valence-electron chi connectivity index (χ2n) is 7.15. The first-order chi connectivity index (χ1) is 14.0. The minimum Gasteiger partial charge on any atom is -0.372 e. The average Bonchev–Trinajstić information content (AvgIpc) is 2.70. The molecule has 1 aliphatic rings. The normalized spacial score (nSPS) is 19.2. The van der Waals surface area contributed by atoms with Crippen LogP contribution in [0.15, 0.2) is 48.8 Å². The van der Waals surface area contributed by atoms with Crippen LogP contribution in [-0.4, -0.2) is 40.5 Å². The molecular formula is C21H21F2N5O. The van der Waals surface area contributed by atoms with E-state index in [1.54, 1.807) is 30.5 Å². The van der Waals surface area contributed by atoms with Gasteiger partial charge in [-0.05, 0) is 37.6 Å². The molecule has 0 bridgehead atoms. The first-order valence-electron chi connectivity index (χ1n) is 9.39. The fourth-order valence-corrected chi connectivity index (χ4v) is 3.43. The summed E-state index contributed by atoms with van der Waals surface area (Å²) >= 11 is 0. The lowest BCUT2D eigenvalue weighted by atomic mass is 10.1. The van der Waals surface area contributed by atoms with Crippen molar-refractivity contribution >= 4 is 17.3 Å². The number of ether oxygens (including phenoxy) is 1. The predicted octanol–water partition coefficient (Wildman–Crippen LogP) is 4.17. The van der Waals surface area contributed by atoms with Gasteiger partial charge in [-0.15, -0.1) is 5.10 Å². The molecule has 0 unspecified atom stereocenters. The van der Waals surface area contributed by atoms with Crippen LogP contribution >= 0.6 is 0 Å². The third kappa shape index (κ3) is 4.48. The molecule has 1 aromatic carbocycles. The van der Waals surface area contributed by atoms with E-state index in [1.807, 2.05) is 13.8 Å². The molecule has 6 nitrogen and oxygen atoms in total. The Morgan fingerprint density at radius 1 is 1.00 bits per heavy atom. The summed E-state index contributed by atoms with van der Waals surface area (Å²) in [6, 6.07) is 9.46. The summed E-state index contributed by atoms with van der Waals surface area (Å²) in [5.41, 5.74) is 1.79. The number of nitrogens with zero attached hydrogens (tertiary/aromatic N) is 4. The molecule has 1 N–H and O–H groups in total. The highest BCUT2D eigenvalue weighted by atomic mass is 19.1. The van der Waals surface area contributed by atoms with Crippen LogP contribution in [-0.2, 0) is 4.74 Å². The minimum atomic E-state index is -0.489. The SMILES string of the molecule is C[C@@H]1CN(c2cc(Nc3cc(-c4ccc(F)cc4)cnn3)c(F)cn2)C[C@H](C)O1. The summed E-state index contributed by atoms with van der Waals surface area (Å²) in [7, 11) is 0. The molecule has 3 aromatic rings. The van der Waals surface area contributed by atoms with Gasteiger partial charge in [0.05, 0.1) is 30.3 Å². The molecule has 29 heavy (non-hydrogen) atoms. The van der Waals surface area contributed by atoms with Crippen LogP contribution in [0.25, 0.3) is 11.1 Å². The van der Waals surface area contributed by atoms with Crippen LogP contribution in [0.2, 0.25) is 0 Å². The molecule has 0 amide bonds. The van der Waals surface area contributed by atoms with E-state index in [-0.39, 0.29) is 23.7 Å². The molecule has 2 aromatic heterocycles. The Hall–Kier alpha value is -3.13. The Labute approximate surface area is 167 Å². The topological polar surface area (TPSA) is 63.2 Å². The van der Waals surface area contributed by atoms with Crippen LogP contribution in [0.1, 0.15) is 13.8 Å². The Morgan fingerprint density at radius 3 is 2.45 bits per heavy atom. The molecule has 2 atom stereocenters. The van der Waals surface area contributed by atoms with Gasteiger partial charge in [0.25, 0.3) is 0 Å². The number of anilines is 3. The van der Waals surface area contributed by atoms with Gasteiger partial charge in [0, 0.05) is 24.7 Å². The number of halogens is 2. The van der Waals surface area contributed by atoms with Crippen LogP contribution in [0.4, 0.5) is 26.1 Å². The van der Waals surface area contributed by atoms with E-state index in [9.17, 15) is 8.78 Å². The lowest BCUT2D eigenvalue weighted by Gasteiger charge is -2.36. The maximum absolute atomic E-state index is 14.4. The molecule has 0 aliphatic carbocycles. The number of morpholine rings is 1. The van der Waals surface area contributed by atoms with E-state index in [0.717, 1.165) is 11.1 Å². The zero-order valence-electron chi connectivity index (χ0n) is 16.1. The second-order valence-corrected chi connectivity index (χ2v) is 7.15. The largest absolute Gasteiger partial charge is 0.372 e. The van der Waals surface area contributed by atoms with Gasteiger partial charge >= 0.3 is 0 Å². The van der Waals surface area contributed by atoms with Gasteiger partial charge in [-0.1, -0.05) is 12.1 Å². The molecule has 4 rings (SSSR count). The molecule has 3 heterocycles. The predicted molar refractivity (Wildman–Crippen MR) is 107 cm³/mol. The highest BCUT2D eigenvalue weighted by molar-refractivity contribution is 5.68. The number of hydrogen-bond acceptors (Lipinski definition) is 6. The minimum absolute atomic E-state index is 0.0697. The maximum Gasteiger partial charge on any atom is 0.165 e. The van der Waals surface area contributed by atoms with Gasteiger partial charge in [-0.25, -0.2) is 13.8 Å². The summed E-state index contributed by atoms with van der Waals surface area (Å²) < 4.78 is 33.3. The Morgan fingerprint density at radius 2 is 1.72 bits per heavy atom. The van der Waals surface area contributed by atoms with Crippen molar-refractivity contribution in [3.05, 3.63) is 60.4 Å². The van der Waals surface area contributed by atoms with E-state index >= 15 is 0 Å². The number of hydrogen-bond donors (Lipinski definition) is 1. The maximum atomic E-state index is 14.4. The molecule has 1 fully saturated rings. The van der Waals surface area contributed by atoms with Crippen molar-refractivity contribution in [2.75, 3.05) is 23.3 Å². The molecule has 1 saturated heterocycles. The number of benzene rings is 1. The van der Waals surface area contributed by atoms with E-state index in [0.29, 0.717) is 24.7 Å². The van der Waals surface area contributed by atoms with Gasteiger partial charge in [0.2, 0.25) is 0 Å². The monoisotopic (exact) mass is 397 g/mol. The Bertz CT molecular complexity index is 989. The van der Waals surface area contributed by atoms with Crippen LogP contribution in [0.5, 0.6) is 0 Å². The van der Waals surface area contributed by atoms with Crippen LogP contribution < -0.4 is 10.2 Å². The van der Waals surface area contributed by atoms with Crippen molar-refractivity contribution in [2.24, 2.45) is 0 Å². The molecule has 0 radical (unpaired) electrons. The molecular weight excluding hydrogens is 376 g/mol. The molecule has 150 valence electrons. The van der Waals surface area contributed by atoms with Crippen LogP contribution in [0, 0.1) is 11.6 Å². The summed E-state index contributed by atoms with van der Waals surface area (Å²) in [6.45, 7) is 5.37. The van der Waals surface area contributed by atoms with Crippen molar-refractivity contribution in [3.63, 3.8) is 0 Å². The fraction of sp³-hybridized carbons (Fsp3) is 0.286. The zero-order chi connectivity index (χ0) is 20.4. The van der Waals surface area contributed by atoms with Crippen molar-refractivity contribution in [1.29, 1.82) is 0 Å². The smallest absolute Gasteiger partial charge is 0.165 e. The van der Waals surface area contributed by atoms with E-state index in [4.69, 9.17) is 4.74 Å². The van der Waals surface area contributed by atoms with Gasteiger partial charge in [-0.2, -0.15) is 5.10 Å². The quantitative estimate of drug-likeness (QED) is 0.713. The second kappa shape index (κ2) is 8.08. The fourth-order valence-electron chi connectivity index (χ4n) is 3.43. The van der Waals surface area contributed by atoms with Gasteiger partial charge < -0.3 is 15.0 Å². The first-order valence-corrected chi connectivity index (χ1v) is 9.39. The van der Waals surface area contributed by atoms with E-state index < -0.39 is 5.82 Å². The standard InChI is InChI=1S/C21H21F2N5O/c1-13-11-28(12-14(2)29-13)21-8-19(18(23)10-24-21)26-20-7-16(9-25-27-20)15-3-5-17(22)6-4-15/h3-10,13-14H,11-12H2,1-2H3,(H,24,26,27)/t13-,14+. The molecule has 0 spiro atoms. The average molecular weight is 397 g/mol. The number of rotatable bonds is 4. The van der Waals surface area contributed by atoms with Crippen molar-refractivity contribution in [3.8, 4) is 11.1 Å². The summed E-state index contributed by atoms with van der Waals surface area (Å²) in [4.78, 5) is 6.30. The molecule has 1 aliphatic heterocycles. The number of aromatic nitrogens is 3. The highest BCUT2D eigenvalue weighted by Gasteiger charge is 2.24. The van der Waals surface area contributed by atoms with E-state index in [1.165, 1.54) is 18.3 Å². The van der Waals surface area contributed by atoms with Crippen molar-refractivity contribution in [1.82, 2.24) is 15.2 Å². The highest BCUT2D eigenvalue weighted by Crippen LogP contribution is 2.27. The lowest BCUT2D eigenvalue weighted by Crippen LogP contribution is -2.45. The van der Waals surface area contributed by atoms with Crippen LogP contribution in [0.3, 0.4) is 0 Å². The summed E-state index contributed by atoms with van der Waals surface area (Å²) in [6.07, 6.45) is 2.91. The summed E-state index contributed by atoms with van der Waals surface area (Å²) in [5, 5.41) is 11.0. The number of nitrogens with one attached hydrogen (secondary N) is 1. The zero-order valence-corrected chi connectivity index (χ0v) is 16.1. The summed E-state index contributed by atoms with van der Waals surface area (Å²) in [5.74, 6) is 0.245. The third-order valence-corrected chi connectivity index (χ3v) is 4.68. The van der Waals surface area contributed by atoms with E-state index in [2.05, 4.69) is 25.4 Å². The first kappa shape index (κ1) is 19.2. The molecule has 0 saturated carbocycles. The Balaban J connectivity index is 1.58. The third-order valence-electron chi connectivity index (χ3n) is 4.68. The van der Waals surface area contributed by atoms with Crippen molar-refractivity contribution < 1.29 is 13.5 Å². The molecule has 8 heteroatoms. The lowest BCUT2D eigenvalue weighted by molar-refractivity contribution is -0.00545. The van der Waals surface area contributed by atoms with Crippen molar-refractivity contribution in [2.45, 2.75) is 26.1 Å². The van der Waals surface area contributed by atoms with Gasteiger partial charge in [0.15, 0.2) is 11.6 Å². The van der Waals surface area contributed by atoms with Gasteiger partial charge in [0.1, 0.15) is 11.6 Å². The Kier molecular flexibility index (Phi) is 5.35. The number of pyridine rings is 1. The van der Waals surface area contributed by atoms with Gasteiger partial charge in [-0.3, -0.25) is 0 Å².